The SMILES string of the molecule is COc1ncc(S(N)(=O)=O)c(C(F)F)c1F. The van der Waals surface area contributed by atoms with Crippen LogP contribution in [0.3, 0.4) is 0 Å². The number of primary sulfonamides is 1. The minimum atomic E-state index is -4.46. The Morgan fingerprint density at radius 2 is 2.06 bits per heavy atom. The quantitative estimate of drug-likeness (QED) is 0.867. The fourth-order valence-corrected chi connectivity index (χ4v) is 1.72. The van der Waals surface area contributed by atoms with Crippen LogP contribution in [0.25, 0.3) is 0 Å². The average Bonchev–Trinajstić information content (AvgIpc) is 2.15. The van der Waals surface area contributed by atoms with Gasteiger partial charge in [-0.2, -0.15) is 0 Å². The zero-order chi connectivity index (χ0) is 12.5. The molecule has 0 aliphatic heterocycles. The lowest BCUT2D eigenvalue weighted by molar-refractivity contribution is 0.141. The molecule has 0 aliphatic carbocycles. The van der Waals surface area contributed by atoms with E-state index < -0.39 is 38.6 Å². The highest BCUT2D eigenvalue weighted by atomic mass is 32.2. The van der Waals surface area contributed by atoms with Gasteiger partial charge in [0, 0.05) is 0 Å². The predicted octanol–water partition coefficient (Wildman–Crippen LogP) is 0.814. The molecule has 0 fully saturated rings. The van der Waals surface area contributed by atoms with Gasteiger partial charge >= 0.3 is 0 Å². The number of aromatic nitrogens is 1. The molecule has 0 bridgehead atoms. The number of hydrogen-bond acceptors (Lipinski definition) is 4. The Labute approximate surface area is 89.1 Å². The third kappa shape index (κ3) is 2.25. The Kier molecular flexibility index (Phi) is 3.38. The summed E-state index contributed by atoms with van der Waals surface area (Å²) in [4.78, 5) is 2.16. The summed E-state index contributed by atoms with van der Waals surface area (Å²) in [5, 5.41) is 4.65. The normalized spacial score (nSPS) is 11.9. The number of methoxy groups -OCH3 is 1. The summed E-state index contributed by atoms with van der Waals surface area (Å²) < 4.78 is 64.5. The molecule has 1 aromatic rings. The monoisotopic (exact) mass is 256 g/mol. The molecule has 0 unspecified atom stereocenters. The molecule has 0 saturated carbocycles. The van der Waals surface area contributed by atoms with Gasteiger partial charge in [0.25, 0.3) is 12.3 Å². The van der Waals surface area contributed by atoms with Crippen molar-refractivity contribution in [1.29, 1.82) is 0 Å². The molecule has 0 saturated heterocycles. The first-order valence-corrected chi connectivity index (χ1v) is 5.37. The second-order valence-corrected chi connectivity index (χ2v) is 4.23. The summed E-state index contributed by atoms with van der Waals surface area (Å²) in [5.41, 5.74) is -1.34. The Hall–Kier alpha value is -1.35. The van der Waals surface area contributed by atoms with Crippen molar-refractivity contribution in [2.75, 3.05) is 7.11 Å². The van der Waals surface area contributed by atoms with Crippen molar-refractivity contribution in [3.8, 4) is 5.88 Å². The van der Waals surface area contributed by atoms with E-state index in [0.717, 1.165) is 7.11 Å². The number of ether oxygens (including phenoxy) is 1. The maximum Gasteiger partial charge on any atom is 0.268 e. The summed E-state index contributed by atoms with van der Waals surface area (Å²) in [7, 11) is -3.45. The minimum absolute atomic E-state index is 0.527. The Balaban J connectivity index is 3.60. The molecule has 16 heavy (non-hydrogen) atoms. The van der Waals surface area contributed by atoms with E-state index in [1.165, 1.54) is 0 Å². The molecule has 1 heterocycles. The molecular weight excluding hydrogens is 249 g/mol. The largest absolute Gasteiger partial charge is 0.479 e. The topological polar surface area (TPSA) is 82.3 Å². The van der Waals surface area contributed by atoms with Gasteiger partial charge < -0.3 is 4.74 Å². The zero-order valence-electron chi connectivity index (χ0n) is 7.95. The van der Waals surface area contributed by atoms with Gasteiger partial charge in [-0.15, -0.1) is 0 Å². The molecule has 90 valence electrons. The molecule has 0 atom stereocenters. The number of pyridine rings is 1. The summed E-state index contributed by atoms with van der Waals surface area (Å²) in [6.45, 7) is 0. The van der Waals surface area contributed by atoms with Crippen LogP contribution in [-0.4, -0.2) is 20.5 Å². The molecule has 0 radical (unpaired) electrons. The summed E-state index contributed by atoms with van der Waals surface area (Å²) in [6, 6.07) is 0. The highest BCUT2D eigenvalue weighted by Gasteiger charge is 2.28. The molecule has 0 aromatic carbocycles. The number of nitrogens with two attached hydrogens (primary N) is 1. The summed E-state index contributed by atoms with van der Waals surface area (Å²) in [5.74, 6) is -2.26. The van der Waals surface area contributed by atoms with Gasteiger partial charge in [-0.3, -0.25) is 0 Å². The van der Waals surface area contributed by atoms with E-state index in [1.807, 2.05) is 0 Å². The van der Waals surface area contributed by atoms with E-state index in [-0.39, 0.29) is 0 Å². The number of nitrogens with zero attached hydrogens (tertiary/aromatic N) is 1. The van der Waals surface area contributed by atoms with E-state index in [0.29, 0.717) is 6.20 Å². The first-order chi connectivity index (χ1) is 7.29. The Morgan fingerprint density at radius 3 is 2.44 bits per heavy atom. The molecule has 1 aromatic heterocycles. The lowest BCUT2D eigenvalue weighted by atomic mass is 10.2. The van der Waals surface area contributed by atoms with Crippen LogP contribution in [0.5, 0.6) is 5.88 Å². The van der Waals surface area contributed by atoms with E-state index >= 15 is 0 Å². The van der Waals surface area contributed by atoms with Gasteiger partial charge in [0.15, 0.2) is 5.82 Å². The number of rotatable bonds is 3. The molecular formula is C7H7F3N2O3S. The van der Waals surface area contributed by atoms with Crippen molar-refractivity contribution in [3.05, 3.63) is 17.6 Å². The van der Waals surface area contributed by atoms with E-state index in [2.05, 4.69) is 14.9 Å². The second kappa shape index (κ2) is 4.26. The van der Waals surface area contributed by atoms with Crippen molar-refractivity contribution < 1.29 is 26.3 Å². The predicted molar refractivity (Wildman–Crippen MR) is 47.1 cm³/mol. The third-order valence-corrected chi connectivity index (χ3v) is 2.65. The standard InChI is InChI=1S/C7H7F3N2O3S/c1-15-7-5(8)4(6(9)10)3(2-12-7)16(11,13)14/h2,6H,1H3,(H2,11,13,14). The van der Waals surface area contributed by atoms with Gasteiger partial charge in [0.1, 0.15) is 4.90 Å². The maximum absolute atomic E-state index is 13.3. The first-order valence-electron chi connectivity index (χ1n) is 3.82. The molecule has 0 aliphatic rings. The first kappa shape index (κ1) is 12.7. The Morgan fingerprint density at radius 1 is 1.50 bits per heavy atom. The van der Waals surface area contributed by atoms with Gasteiger partial charge in [-0.25, -0.2) is 31.7 Å². The van der Waals surface area contributed by atoms with E-state index in [1.54, 1.807) is 0 Å². The summed E-state index contributed by atoms with van der Waals surface area (Å²) >= 11 is 0. The molecule has 0 spiro atoms. The van der Waals surface area contributed by atoms with Crippen LogP contribution in [0.2, 0.25) is 0 Å². The number of hydrogen-bond donors (Lipinski definition) is 1. The number of halogens is 3. The van der Waals surface area contributed by atoms with Crippen LogP contribution in [0.15, 0.2) is 11.1 Å². The fourth-order valence-electron chi connectivity index (χ4n) is 1.04. The lowest BCUT2D eigenvalue weighted by Gasteiger charge is -2.09. The van der Waals surface area contributed by atoms with Crippen molar-refractivity contribution >= 4 is 10.0 Å². The lowest BCUT2D eigenvalue weighted by Crippen LogP contribution is -2.17. The van der Waals surface area contributed by atoms with Crippen molar-refractivity contribution in [2.24, 2.45) is 5.14 Å². The highest BCUT2D eigenvalue weighted by Crippen LogP contribution is 2.31. The average molecular weight is 256 g/mol. The molecule has 1 rings (SSSR count). The molecule has 2 N–H and O–H groups in total. The third-order valence-electron chi connectivity index (χ3n) is 1.71. The smallest absolute Gasteiger partial charge is 0.268 e. The van der Waals surface area contributed by atoms with E-state index in [4.69, 9.17) is 0 Å². The van der Waals surface area contributed by atoms with Crippen LogP contribution >= 0.6 is 0 Å². The molecule has 5 nitrogen and oxygen atoms in total. The van der Waals surface area contributed by atoms with Crippen LogP contribution in [-0.2, 0) is 10.0 Å². The minimum Gasteiger partial charge on any atom is -0.479 e. The van der Waals surface area contributed by atoms with Gasteiger partial charge in [-0.05, 0) is 0 Å². The fraction of sp³-hybridized carbons (Fsp3) is 0.286. The second-order valence-electron chi connectivity index (χ2n) is 2.71. The van der Waals surface area contributed by atoms with Crippen molar-refractivity contribution in [2.45, 2.75) is 11.3 Å². The molecule has 9 heteroatoms. The van der Waals surface area contributed by atoms with Crippen LogP contribution in [0.1, 0.15) is 12.0 Å². The number of alkyl halides is 2. The molecule has 0 amide bonds. The van der Waals surface area contributed by atoms with Gasteiger partial charge in [0.05, 0.1) is 18.9 Å². The van der Waals surface area contributed by atoms with Gasteiger partial charge in [-0.1, -0.05) is 0 Å². The summed E-state index contributed by atoms with van der Waals surface area (Å²) in [6.07, 6.45) is -2.82. The van der Waals surface area contributed by atoms with E-state index in [9.17, 15) is 21.6 Å². The maximum atomic E-state index is 13.3. The van der Waals surface area contributed by atoms with Crippen molar-refractivity contribution in [3.63, 3.8) is 0 Å². The number of sulfonamides is 1. The van der Waals surface area contributed by atoms with Crippen LogP contribution < -0.4 is 9.88 Å². The van der Waals surface area contributed by atoms with Crippen LogP contribution in [0, 0.1) is 5.82 Å². The zero-order valence-corrected chi connectivity index (χ0v) is 8.76. The Bertz CT molecular complexity index is 504. The van der Waals surface area contributed by atoms with Gasteiger partial charge in [0.2, 0.25) is 10.0 Å². The van der Waals surface area contributed by atoms with Crippen molar-refractivity contribution in [1.82, 2.24) is 4.98 Å². The highest BCUT2D eigenvalue weighted by molar-refractivity contribution is 7.89. The van der Waals surface area contributed by atoms with Crippen LogP contribution in [0.4, 0.5) is 13.2 Å².